The van der Waals surface area contributed by atoms with E-state index in [4.69, 9.17) is 5.26 Å². The fraction of sp³-hybridized carbons (Fsp3) is 0.438. The van der Waals surface area contributed by atoms with Crippen LogP contribution in [-0.2, 0) is 13.0 Å². The Labute approximate surface area is 118 Å². The Morgan fingerprint density at radius 2 is 2.00 bits per heavy atom. The molecule has 1 unspecified atom stereocenters. The van der Waals surface area contributed by atoms with Gasteiger partial charge in [-0.3, -0.25) is 0 Å². The average Bonchev–Trinajstić information content (AvgIpc) is 3.18. The van der Waals surface area contributed by atoms with Crippen molar-refractivity contribution in [2.75, 3.05) is 0 Å². The second kappa shape index (κ2) is 3.92. The molecule has 100 valence electrons. The smallest absolute Gasteiger partial charge is 0.163 e. The maximum atomic E-state index is 8.87. The highest BCUT2D eigenvalue weighted by atomic mass is 15.3. The molecule has 2 heterocycles. The molecule has 1 aliphatic heterocycles. The minimum atomic E-state index is 0.368. The van der Waals surface area contributed by atoms with E-state index < -0.39 is 0 Å². The maximum absolute atomic E-state index is 8.87. The summed E-state index contributed by atoms with van der Waals surface area (Å²) < 4.78 is 2.26. The number of nitriles is 1. The van der Waals surface area contributed by atoms with E-state index >= 15 is 0 Å². The molecule has 1 aliphatic carbocycles. The first-order valence-electron chi connectivity index (χ1n) is 7.12. The predicted molar refractivity (Wildman–Crippen MR) is 74.7 cm³/mol. The van der Waals surface area contributed by atoms with Crippen LogP contribution in [-0.4, -0.2) is 14.8 Å². The van der Waals surface area contributed by atoms with E-state index in [1.165, 1.54) is 12.8 Å². The van der Waals surface area contributed by atoms with Crippen LogP contribution in [0.15, 0.2) is 24.3 Å². The fourth-order valence-corrected chi connectivity index (χ4v) is 3.37. The highest BCUT2D eigenvalue weighted by molar-refractivity contribution is 5.57. The molecule has 4 heteroatoms. The Bertz CT molecular complexity index is 703. The third kappa shape index (κ3) is 1.66. The van der Waals surface area contributed by atoms with Crippen LogP contribution in [0.4, 0.5) is 0 Å². The van der Waals surface area contributed by atoms with Crippen molar-refractivity contribution in [2.45, 2.75) is 32.7 Å². The third-order valence-corrected chi connectivity index (χ3v) is 4.74. The summed E-state index contributed by atoms with van der Waals surface area (Å²) in [7, 11) is 0. The van der Waals surface area contributed by atoms with Crippen LogP contribution in [0.5, 0.6) is 0 Å². The quantitative estimate of drug-likeness (QED) is 0.838. The van der Waals surface area contributed by atoms with Crippen molar-refractivity contribution in [3.8, 4) is 17.5 Å². The zero-order valence-corrected chi connectivity index (χ0v) is 11.5. The van der Waals surface area contributed by atoms with Gasteiger partial charge in [0.25, 0.3) is 0 Å². The van der Waals surface area contributed by atoms with Crippen LogP contribution in [0.2, 0.25) is 0 Å². The molecule has 1 atom stereocenters. The Kier molecular flexibility index (Phi) is 2.29. The number of hydrogen-bond donors (Lipinski definition) is 0. The van der Waals surface area contributed by atoms with Crippen molar-refractivity contribution in [3.63, 3.8) is 0 Å². The van der Waals surface area contributed by atoms with Gasteiger partial charge in [0.15, 0.2) is 5.82 Å². The number of fused-ring (bicyclic) bond motifs is 1. The summed E-state index contributed by atoms with van der Waals surface area (Å²) in [6.45, 7) is 3.40. The standard InChI is InChI=1S/C16H16N4/c1-16(13-6-7-13)8-14-18-19-15(20(14)10-16)12-4-2-11(9-17)3-5-12/h2-5,13H,6-8,10H2,1H3. The molecule has 0 bridgehead atoms. The Morgan fingerprint density at radius 1 is 1.25 bits per heavy atom. The molecule has 4 nitrogen and oxygen atoms in total. The molecule has 0 radical (unpaired) electrons. The van der Waals surface area contributed by atoms with Crippen LogP contribution in [0.1, 0.15) is 31.2 Å². The van der Waals surface area contributed by atoms with Crippen molar-refractivity contribution in [1.82, 2.24) is 14.8 Å². The van der Waals surface area contributed by atoms with Gasteiger partial charge in [-0.25, -0.2) is 0 Å². The Morgan fingerprint density at radius 3 is 2.65 bits per heavy atom. The lowest BCUT2D eigenvalue weighted by Crippen LogP contribution is -2.21. The average molecular weight is 264 g/mol. The molecule has 2 aromatic rings. The van der Waals surface area contributed by atoms with Gasteiger partial charge in [0, 0.05) is 18.5 Å². The maximum Gasteiger partial charge on any atom is 0.163 e. The van der Waals surface area contributed by atoms with Crippen molar-refractivity contribution < 1.29 is 0 Å². The highest BCUT2D eigenvalue weighted by Crippen LogP contribution is 2.51. The van der Waals surface area contributed by atoms with Gasteiger partial charge in [0.1, 0.15) is 5.82 Å². The summed E-state index contributed by atoms with van der Waals surface area (Å²) in [5, 5.41) is 17.6. The van der Waals surface area contributed by atoms with E-state index in [9.17, 15) is 0 Å². The van der Waals surface area contributed by atoms with Crippen molar-refractivity contribution >= 4 is 0 Å². The van der Waals surface area contributed by atoms with Crippen LogP contribution in [0, 0.1) is 22.7 Å². The number of nitrogens with zero attached hydrogens (tertiary/aromatic N) is 4. The highest BCUT2D eigenvalue weighted by Gasteiger charge is 2.46. The SMILES string of the molecule is CC1(C2CC2)Cc2nnc(-c3ccc(C#N)cc3)n2C1. The molecule has 2 aliphatic rings. The van der Waals surface area contributed by atoms with Crippen LogP contribution in [0.25, 0.3) is 11.4 Å². The molecule has 0 amide bonds. The van der Waals surface area contributed by atoms with Gasteiger partial charge < -0.3 is 4.57 Å². The van der Waals surface area contributed by atoms with Gasteiger partial charge >= 0.3 is 0 Å². The first-order valence-corrected chi connectivity index (χ1v) is 7.12. The lowest BCUT2D eigenvalue weighted by atomic mass is 9.83. The predicted octanol–water partition coefficient (Wildman–Crippen LogP) is 2.79. The molecule has 0 saturated heterocycles. The zero-order chi connectivity index (χ0) is 13.7. The van der Waals surface area contributed by atoms with Gasteiger partial charge in [0.2, 0.25) is 0 Å². The summed E-state index contributed by atoms with van der Waals surface area (Å²) in [4.78, 5) is 0. The van der Waals surface area contributed by atoms with Gasteiger partial charge in [-0.2, -0.15) is 5.26 Å². The van der Waals surface area contributed by atoms with Crippen LogP contribution >= 0.6 is 0 Å². The van der Waals surface area contributed by atoms with E-state index in [1.807, 2.05) is 24.3 Å². The van der Waals surface area contributed by atoms with Crippen molar-refractivity contribution in [1.29, 1.82) is 5.26 Å². The minimum absolute atomic E-state index is 0.368. The van der Waals surface area contributed by atoms with Gasteiger partial charge in [-0.1, -0.05) is 6.92 Å². The van der Waals surface area contributed by atoms with E-state index in [0.717, 1.165) is 36.1 Å². The number of benzene rings is 1. The number of hydrogen-bond acceptors (Lipinski definition) is 3. The van der Waals surface area contributed by atoms with Crippen molar-refractivity contribution in [2.24, 2.45) is 11.3 Å². The Hall–Kier alpha value is -2.15. The summed E-state index contributed by atoms with van der Waals surface area (Å²) in [6, 6.07) is 9.75. The van der Waals surface area contributed by atoms with Crippen LogP contribution < -0.4 is 0 Å². The second-order valence-electron chi connectivity index (χ2n) is 6.32. The largest absolute Gasteiger partial charge is 0.310 e. The lowest BCUT2D eigenvalue weighted by molar-refractivity contribution is 0.266. The first kappa shape index (κ1) is 11.7. The molecule has 0 N–H and O–H groups in total. The molecule has 4 rings (SSSR count). The summed E-state index contributed by atoms with van der Waals surface area (Å²) >= 11 is 0. The summed E-state index contributed by atoms with van der Waals surface area (Å²) in [6.07, 6.45) is 3.77. The molecular weight excluding hydrogens is 248 g/mol. The van der Waals surface area contributed by atoms with E-state index in [-0.39, 0.29) is 0 Å². The molecule has 1 fully saturated rings. The van der Waals surface area contributed by atoms with E-state index in [2.05, 4.69) is 27.8 Å². The fourth-order valence-electron chi connectivity index (χ4n) is 3.37. The molecule has 1 aromatic heterocycles. The minimum Gasteiger partial charge on any atom is -0.310 e. The lowest BCUT2D eigenvalue weighted by Gasteiger charge is -2.22. The third-order valence-electron chi connectivity index (χ3n) is 4.74. The first-order chi connectivity index (χ1) is 9.69. The molecule has 1 aromatic carbocycles. The van der Waals surface area contributed by atoms with Crippen LogP contribution in [0.3, 0.4) is 0 Å². The number of rotatable bonds is 2. The molecule has 0 spiro atoms. The van der Waals surface area contributed by atoms with Gasteiger partial charge in [0.05, 0.1) is 11.6 Å². The monoisotopic (exact) mass is 264 g/mol. The van der Waals surface area contributed by atoms with Gasteiger partial charge in [-0.05, 0) is 48.4 Å². The van der Waals surface area contributed by atoms with E-state index in [1.54, 1.807) is 0 Å². The molecule has 20 heavy (non-hydrogen) atoms. The zero-order valence-electron chi connectivity index (χ0n) is 11.5. The summed E-state index contributed by atoms with van der Waals surface area (Å²) in [5.74, 6) is 2.91. The molecular formula is C16H16N4. The normalized spacial score (nSPS) is 24.4. The summed E-state index contributed by atoms with van der Waals surface area (Å²) in [5.41, 5.74) is 2.09. The Balaban J connectivity index is 1.70. The van der Waals surface area contributed by atoms with Gasteiger partial charge in [-0.15, -0.1) is 10.2 Å². The van der Waals surface area contributed by atoms with Crippen molar-refractivity contribution in [3.05, 3.63) is 35.7 Å². The second-order valence-corrected chi connectivity index (χ2v) is 6.32. The number of aromatic nitrogens is 3. The molecule has 1 saturated carbocycles. The topological polar surface area (TPSA) is 54.5 Å². The van der Waals surface area contributed by atoms with E-state index in [0.29, 0.717) is 11.0 Å².